The molecule has 108 valence electrons. The normalized spacial score (nSPS) is 15.7. The molecule has 1 aromatic heterocycles. The van der Waals surface area contributed by atoms with Crippen LogP contribution in [0, 0.1) is 0 Å². The molecule has 2 heterocycles. The first kappa shape index (κ1) is 14.5. The number of likely N-dealkylation sites (N-methyl/N-ethyl adjacent to an activating group) is 1. The maximum absolute atomic E-state index is 12.0. The van der Waals surface area contributed by atoms with Gasteiger partial charge in [-0.25, -0.2) is 5.84 Å². The second-order valence-electron chi connectivity index (χ2n) is 4.36. The average Bonchev–Trinajstić information content (AvgIpc) is 2.91. The van der Waals surface area contributed by atoms with Crippen molar-refractivity contribution in [1.29, 1.82) is 0 Å². The van der Waals surface area contributed by atoms with E-state index in [0.717, 1.165) is 0 Å². The van der Waals surface area contributed by atoms with Gasteiger partial charge in [0.1, 0.15) is 0 Å². The summed E-state index contributed by atoms with van der Waals surface area (Å²) < 4.78 is 0. The summed E-state index contributed by atoms with van der Waals surface area (Å²) in [6, 6.07) is 1.76. The van der Waals surface area contributed by atoms with E-state index in [1.165, 1.54) is 21.1 Å². The second kappa shape index (κ2) is 6.02. The third-order valence-electron chi connectivity index (χ3n) is 3.22. The minimum Gasteiger partial charge on any atom is -0.333 e. The average molecular weight is 296 g/mol. The Morgan fingerprint density at radius 1 is 1.35 bits per heavy atom. The predicted octanol–water partition coefficient (Wildman–Crippen LogP) is -0.458. The zero-order valence-corrected chi connectivity index (χ0v) is 11.9. The molecular weight excluding hydrogens is 280 g/mol. The first-order valence-corrected chi connectivity index (χ1v) is 7.12. The van der Waals surface area contributed by atoms with E-state index in [4.69, 9.17) is 5.84 Å². The molecule has 1 aliphatic heterocycles. The van der Waals surface area contributed by atoms with Crippen molar-refractivity contribution in [2.45, 2.75) is 13.5 Å². The molecular formula is C12H16N4O3S. The van der Waals surface area contributed by atoms with Crippen molar-refractivity contribution < 1.29 is 14.4 Å². The quantitative estimate of drug-likeness (QED) is 0.340. The number of nitrogens with zero attached hydrogens (tertiary/aromatic N) is 2. The van der Waals surface area contributed by atoms with E-state index in [2.05, 4.69) is 5.43 Å². The molecule has 0 spiro atoms. The number of carbonyl (C=O) groups is 3. The van der Waals surface area contributed by atoms with Gasteiger partial charge in [-0.1, -0.05) is 0 Å². The molecule has 8 heteroatoms. The highest BCUT2D eigenvalue weighted by Gasteiger charge is 2.32. The van der Waals surface area contributed by atoms with Gasteiger partial charge in [0.15, 0.2) is 0 Å². The van der Waals surface area contributed by atoms with Crippen LogP contribution in [0.1, 0.15) is 22.2 Å². The molecule has 0 atom stereocenters. The van der Waals surface area contributed by atoms with Crippen molar-refractivity contribution in [2.75, 3.05) is 19.6 Å². The van der Waals surface area contributed by atoms with Crippen LogP contribution in [0.5, 0.6) is 0 Å². The van der Waals surface area contributed by atoms with Gasteiger partial charge in [0.2, 0.25) is 0 Å². The van der Waals surface area contributed by atoms with Crippen molar-refractivity contribution in [3.05, 3.63) is 21.9 Å². The highest BCUT2D eigenvalue weighted by molar-refractivity contribution is 7.12. The smallest absolute Gasteiger partial charge is 0.312 e. The topological polar surface area (TPSA) is 95.7 Å². The summed E-state index contributed by atoms with van der Waals surface area (Å²) in [5.41, 5.74) is 2.77. The van der Waals surface area contributed by atoms with E-state index >= 15 is 0 Å². The van der Waals surface area contributed by atoms with Crippen molar-refractivity contribution in [1.82, 2.24) is 15.2 Å². The van der Waals surface area contributed by atoms with Gasteiger partial charge in [-0.15, -0.1) is 11.3 Å². The van der Waals surface area contributed by atoms with Crippen LogP contribution < -0.4 is 11.3 Å². The first-order valence-electron chi connectivity index (χ1n) is 6.24. The maximum Gasteiger partial charge on any atom is 0.312 e. The number of piperazine rings is 1. The molecule has 0 radical (unpaired) electrons. The Labute approximate surface area is 120 Å². The van der Waals surface area contributed by atoms with Crippen LogP contribution in [0.15, 0.2) is 11.4 Å². The number of nitrogens with two attached hydrogens (primary N) is 1. The molecule has 1 aliphatic rings. The number of hydrogen-bond donors (Lipinski definition) is 2. The number of carbonyl (C=O) groups excluding carboxylic acids is 3. The lowest BCUT2D eigenvalue weighted by Crippen LogP contribution is -2.53. The minimum atomic E-state index is -0.525. The Morgan fingerprint density at radius 2 is 2.00 bits per heavy atom. The number of nitrogens with one attached hydrogen (secondary N) is 1. The molecule has 3 N–H and O–H groups in total. The Morgan fingerprint density at radius 3 is 2.65 bits per heavy atom. The van der Waals surface area contributed by atoms with Crippen LogP contribution >= 0.6 is 11.3 Å². The lowest BCUT2D eigenvalue weighted by atomic mass is 10.2. The number of rotatable bonds is 4. The summed E-state index contributed by atoms with van der Waals surface area (Å²) in [5.74, 6) is 3.72. The summed E-state index contributed by atoms with van der Waals surface area (Å²) in [7, 11) is 0. The van der Waals surface area contributed by atoms with Crippen LogP contribution in [0.3, 0.4) is 0 Å². The molecule has 7 nitrogen and oxygen atoms in total. The summed E-state index contributed by atoms with van der Waals surface area (Å²) in [6.07, 6.45) is 0. The zero-order valence-electron chi connectivity index (χ0n) is 11.1. The summed E-state index contributed by atoms with van der Waals surface area (Å²) in [4.78, 5) is 38.8. The number of hydrazine groups is 1. The maximum atomic E-state index is 12.0. The standard InChI is InChI=1S/C12H16N4O3S/c1-2-15-4-5-16(12(19)11(15)18)7-8-3-6-20-9(8)10(17)14-13/h3,6H,2,4-5,7,13H2,1H3,(H,14,17). The Balaban J connectivity index is 2.12. The van der Waals surface area contributed by atoms with Gasteiger partial charge in [-0.05, 0) is 23.9 Å². The number of thiophene rings is 1. The van der Waals surface area contributed by atoms with Crippen LogP contribution in [0.25, 0.3) is 0 Å². The fraction of sp³-hybridized carbons (Fsp3) is 0.417. The molecule has 1 fully saturated rings. The first-order chi connectivity index (χ1) is 9.58. The highest BCUT2D eigenvalue weighted by atomic mass is 32.1. The fourth-order valence-corrected chi connectivity index (χ4v) is 2.92. The van der Waals surface area contributed by atoms with Gasteiger partial charge >= 0.3 is 11.8 Å². The summed E-state index contributed by atoms with van der Waals surface area (Å²) in [6.45, 7) is 3.59. The predicted molar refractivity (Wildman–Crippen MR) is 73.6 cm³/mol. The lowest BCUT2D eigenvalue weighted by Gasteiger charge is -2.33. The largest absolute Gasteiger partial charge is 0.333 e. The van der Waals surface area contributed by atoms with Gasteiger partial charge < -0.3 is 9.80 Å². The molecule has 1 aromatic rings. The minimum absolute atomic E-state index is 0.244. The summed E-state index contributed by atoms with van der Waals surface area (Å²) >= 11 is 1.25. The SMILES string of the molecule is CCN1CCN(Cc2ccsc2C(=O)NN)C(=O)C1=O. The van der Waals surface area contributed by atoms with E-state index in [0.29, 0.717) is 30.1 Å². The van der Waals surface area contributed by atoms with Crippen LogP contribution in [-0.2, 0) is 16.1 Å². The van der Waals surface area contributed by atoms with Gasteiger partial charge in [0.05, 0.1) is 4.88 Å². The van der Waals surface area contributed by atoms with E-state index < -0.39 is 11.8 Å². The monoisotopic (exact) mass is 296 g/mol. The van der Waals surface area contributed by atoms with Crippen molar-refractivity contribution >= 4 is 29.1 Å². The Kier molecular flexibility index (Phi) is 4.35. The number of hydrogen-bond acceptors (Lipinski definition) is 5. The fourth-order valence-electron chi connectivity index (χ4n) is 2.10. The molecule has 2 rings (SSSR count). The van der Waals surface area contributed by atoms with Crippen molar-refractivity contribution in [3.8, 4) is 0 Å². The van der Waals surface area contributed by atoms with E-state index in [-0.39, 0.29) is 12.5 Å². The molecule has 1 saturated heterocycles. The van der Waals surface area contributed by atoms with Gasteiger partial charge in [-0.2, -0.15) is 0 Å². The second-order valence-corrected chi connectivity index (χ2v) is 5.28. The Bertz CT molecular complexity index is 543. The van der Waals surface area contributed by atoms with E-state index in [1.54, 1.807) is 11.4 Å². The van der Waals surface area contributed by atoms with Gasteiger partial charge in [-0.3, -0.25) is 19.8 Å². The third kappa shape index (κ3) is 2.66. The molecule has 0 saturated carbocycles. The van der Waals surface area contributed by atoms with Crippen molar-refractivity contribution in [2.24, 2.45) is 5.84 Å². The third-order valence-corrected chi connectivity index (χ3v) is 4.18. The lowest BCUT2D eigenvalue weighted by molar-refractivity contribution is -0.156. The van der Waals surface area contributed by atoms with Crippen LogP contribution in [-0.4, -0.2) is 47.2 Å². The van der Waals surface area contributed by atoms with Gasteiger partial charge in [0, 0.05) is 26.2 Å². The molecule has 0 unspecified atom stereocenters. The van der Waals surface area contributed by atoms with Gasteiger partial charge in [0.25, 0.3) is 5.91 Å². The summed E-state index contributed by atoms with van der Waals surface area (Å²) in [5, 5.41) is 1.76. The van der Waals surface area contributed by atoms with Crippen LogP contribution in [0.4, 0.5) is 0 Å². The van der Waals surface area contributed by atoms with E-state index in [9.17, 15) is 14.4 Å². The molecule has 0 aliphatic carbocycles. The molecule has 0 bridgehead atoms. The Hall–Kier alpha value is -1.93. The number of nitrogen functional groups attached to an aromatic ring is 1. The highest BCUT2D eigenvalue weighted by Crippen LogP contribution is 2.19. The molecule has 3 amide bonds. The van der Waals surface area contributed by atoms with E-state index in [1.807, 2.05) is 6.92 Å². The zero-order chi connectivity index (χ0) is 14.7. The molecule has 20 heavy (non-hydrogen) atoms. The molecule has 0 aromatic carbocycles. The van der Waals surface area contributed by atoms with Crippen LogP contribution in [0.2, 0.25) is 0 Å². The van der Waals surface area contributed by atoms with Crippen molar-refractivity contribution in [3.63, 3.8) is 0 Å². The number of amides is 3.